The first-order chi connectivity index (χ1) is 7.54. The molecule has 0 aliphatic carbocycles. The lowest BCUT2D eigenvalue weighted by molar-refractivity contribution is -0.123. The van der Waals surface area contributed by atoms with E-state index in [-0.39, 0.29) is 30.6 Å². The summed E-state index contributed by atoms with van der Waals surface area (Å²) in [6, 6.07) is -0.0328. The maximum Gasteiger partial charge on any atom is 0.237 e. The Morgan fingerprint density at radius 3 is 2.38 bits per heavy atom. The van der Waals surface area contributed by atoms with Crippen LogP contribution in [-0.4, -0.2) is 35.7 Å². The zero-order chi connectivity index (χ0) is 12.6. The van der Waals surface area contributed by atoms with E-state index in [0.717, 1.165) is 19.3 Å². The second-order valence-corrected chi connectivity index (χ2v) is 4.37. The van der Waals surface area contributed by atoms with Gasteiger partial charge in [-0.05, 0) is 26.7 Å². The molecule has 0 bridgehead atoms. The molecule has 3 unspecified atom stereocenters. The van der Waals surface area contributed by atoms with Crippen molar-refractivity contribution in [3.8, 4) is 0 Å². The summed E-state index contributed by atoms with van der Waals surface area (Å²) in [5.74, 6) is 0.00727. The van der Waals surface area contributed by atoms with E-state index in [1.54, 1.807) is 0 Å². The van der Waals surface area contributed by atoms with Gasteiger partial charge in [-0.3, -0.25) is 4.79 Å². The van der Waals surface area contributed by atoms with Crippen LogP contribution in [0, 0.1) is 0 Å². The first-order valence-electron chi connectivity index (χ1n) is 6.22. The van der Waals surface area contributed by atoms with Gasteiger partial charge in [-0.2, -0.15) is 0 Å². The van der Waals surface area contributed by atoms with Crippen LogP contribution in [0.1, 0.15) is 47.0 Å². The Morgan fingerprint density at radius 2 is 1.94 bits per heavy atom. The second kappa shape index (κ2) is 8.53. The molecule has 3 atom stereocenters. The zero-order valence-corrected chi connectivity index (χ0v) is 10.9. The minimum absolute atomic E-state index is 0.00207. The van der Waals surface area contributed by atoms with E-state index in [4.69, 9.17) is 5.11 Å². The number of hydrogen-bond acceptors (Lipinski definition) is 3. The maximum atomic E-state index is 11.7. The fraction of sp³-hybridized carbons (Fsp3) is 0.917. The monoisotopic (exact) mass is 230 g/mol. The molecule has 0 heterocycles. The lowest BCUT2D eigenvalue weighted by Crippen LogP contribution is -2.49. The van der Waals surface area contributed by atoms with Gasteiger partial charge in [0.2, 0.25) is 5.91 Å². The van der Waals surface area contributed by atoms with Crippen LogP contribution in [0.2, 0.25) is 0 Å². The Balaban J connectivity index is 3.97. The molecule has 4 heteroatoms. The van der Waals surface area contributed by atoms with E-state index in [2.05, 4.69) is 17.6 Å². The van der Waals surface area contributed by atoms with Gasteiger partial charge in [-0.1, -0.05) is 20.3 Å². The molecule has 0 aromatic rings. The van der Waals surface area contributed by atoms with Crippen molar-refractivity contribution in [1.29, 1.82) is 0 Å². The Labute approximate surface area is 98.8 Å². The summed E-state index contributed by atoms with van der Waals surface area (Å²) < 4.78 is 0. The largest absolute Gasteiger partial charge is 0.395 e. The van der Waals surface area contributed by atoms with Gasteiger partial charge in [-0.15, -0.1) is 0 Å². The van der Waals surface area contributed by atoms with Crippen molar-refractivity contribution < 1.29 is 9.90 Å². The number of amides is 1. The molecule has 96 valence electrons. The Bertz CT molecular complexity index is 193. The Kier molecular flexibility index (Phi) is 8.21. The molecular formula is C12H26N2O2. The van der Waals surface area contributed by atoms with Crippen molar-refractivity contribution in [3.63, 3.8) is 0 Å². The topological polar surface area (TPSA) is 61.4 Å². The lowest BCUT2D eigenvalue weighted by Gasteiger charge is -2.22. The summed E-state index contributed by atoms with van der Waals surface area (Å²) >= 11 is 0. The van der Waals surface area contributed by atoms with Gasteiger partial charge in [0, 0.05) is 12.1 Å². The highest BCUT2D eigenvalue weighted by atomic mass is 16.3. The molecule has 0 rings (SSSR count). The Morgan fingerprint density at radius 1 is 1.31 bits per heavy atom. The smallest absolute Gasteiger partial charge is 0.237 e. The van der Waals surface area contributed by atoms with E-state index in [9.17, 15) is 4.79 Å². The molecule has 3 N–H and O–H groups in total. The first-order valence-corrected chi connectivity index (χ1v) is 6.22. The Hall–Kier alpha value is -0.610. The lowest BCUT2D eigenvalue weighted by atomic mass is 10.1. The molecule has 0 saturated carbocycles. The van der Waals surface area contributed by atoms with Crippen LogP contribution in [-0.2, 0) is 4.79 Å². The fourth-order valence-electron chi connectivity index (χ4n) is 1.60. The maximum absolute atomic E-state index is 11.7. The van der Waals surface area contributed by atoms with E-state index in [1.807, 2.05) is 20.8 Å². The van der Waals surface area contributed by atoms with E-state index >= 15 is 0 Å². The van der Waals surface area contributed by atoms with Gasteiger partial charge in [0.15, 0.2) is 0 Å². The van der Waals surface area contributed by atoms with Gasteiger partial charge in [-0.25, -0.2) is 0 Å². The number of aliphatic hydroxyl groups excluding tert-OH is 1. The quantitative estimate of drug-likeness (QED) is 0.584. The average molecular weight is 230 g/mol. The van der Waals surface area contributed by atoms with Crippen LogP contribution in [0.3, 0.4) is 0 Å². The molecule has 0 aliphatic rings. The second-order valence-electron chi connectivity index (χ2n) is 4.37. The molecule has 0 fully saturated rings. The highest BCUT2D eigenvalue weighted by Gasteiger charge is 2.17. The summed E-state index contributed by atoms with van der Waals surface area (Å²) in [5, 5.41) is 15.1. The number of carbonyl (C=O) groups is 1. The van der Waals surface area contributed by atoms with Crippen molar-refractivity contribution >= 4 is 5.91 Å². The summed E-state index contributed by atoms with van der Waals surface area (Å²) in [5.41, 5.74) is 0. The average Bonchev–Trinajstić information content (AvgIpc) is 2.25. The van der Waals surface area contributed by atoms with Gasteiger partial charge in [0.1, 0.15) is 0 Å². The summed E-state index contributed by atoms with van der Waals surface area (Å²) in [6.45, 7) is 7.99. The molecule has 0 saturated heterocycles. The number of aliphatic hydroxyl groups is 1. The van der Waals surface area contributed by atoms with Crippen LogP contribution in [0.25, 0.3) is 0 Å². The molecule has 0 aromatic carbocycles. The fourth-order valence-corrected chi connectivity index (χ4v) is 1.60. The van der Waals surface area contributed by atoms with Gasteiger partial charge >= 0.3 is 0 Å². The minimum Gasteiger partial charge on any atom is -0.395 e. The third kappa shape index (κ3) is 6.08. The third-order valence-corrected chi connectivity index (χ3v) is 2.70. The zero-order valence-electron chi connectivity index (χ0n) is 10.9. The SMILES string of the molecule is CCCC(C)NC(=O)C(C)NC(CC)CO. The highest BCUT2D eigenvalue weighted by Crippen LogP contribution is 1.97. The number of rotatable bonds is 8. The van der Waals surface area contributed by atoms with Crippen LogP contribution >= 0.6 is 0 Å². The predicted octanol–water partition coefficient (Wildman–Crippen LogP) is 1.04. The van der Waals surface area contributed by atoms with Crippen LogP contribution < -0.4 is 10.6 Å². The molecule has 4 nitrogen and oxygen atoms in total. The van der Waals surface area contributed by atoms with Gasteiger partial charge in [0.05, 0.1) is 12.6 Å². The highest BCUT2D eigenvalue weighted by molar-refractivity contribution is 5.81. The number of hydrogen-bond donors (Lipinski definition) is 3. The first kappa shape index (κ1) is 15.4. The third-order valence-electron chi connectivity index (χ3n) is 2.70. The molecule has 0 aromatic heterocycles. The van der Waals surface area contributed by atoms with Crippen LogP contribution in [0.15, 0.2) is 0 Å². The predicted molar refractivity (Wildman–Crippen MR) is 66.3 cm³/mol. The molecule has 0 radical (unpaired) electrons. The van der Waals surface area contributed by atoms with Crippen molar-refractivity contribution in [1.82, 2.24) is 10.6 Å². The minimum atomic E-state index is -0.253. The van der Waals surface area contributed by atoms with E-state index < -0.39 is 0 Å². The molecular weight excluding hydrogens is 204 g/mol. The molecule has 1 amide bonds. The van der Waals surface area contributed by atoms with Crippen molar-refractivity contribution in [2.45, 2.75) is 65.1 Å². The standard InChI is InChI=1S/C12H26N2O2/c1-5-7-9(3)13-12(16)10(4)14-11(6-2)8-15/h9-11,14-15H,5-8H2,1-4H3,(H,13,16). The summed E-state index contributed by atoms with van der Waals surface area (Å²) in [4.78, 5) is 11.7. The normalized spacial score (nSPS) is 16.6. The van der Waals surface area contributed by atoms with E-state index in [0.29, 0.717) is 0 Å². The van der Waals surface area contributed by atoms with Gasteiger partial charge < -0.3 is 15.7 Å². The molecule has 0 aliphatic heterocycles. The molecule has 16 heavy (non-hydrogen) atoms. The molecule has 0 spiro atoms. The van der Waals surface area contributed by atoms with E-state index in [1.165, 1.54) is 0 Å². The van der Waals surface area contributed by atoms with Crippen molar-refractivity contribution in [2.75, 3.05) is 6.61 Å². The summed E-state index contributed by atoms with van der Waals surface area (Å²) in [6.07, 6.45) is 2.88. The van der Waals surface area contributed by atoms with Gasteiger partial charge in [0.25, 0.3) is 0 Å². The number of carbonyl (C=O) groups excluding carboxylic acids is 1. The van der Waals surface area contributed by atoms with Crippen LogP contribution in [0.5, 0.6) is 0 Å². The van der Waals surface area contributed by atoms with Crippen molar-refractivity contribution in [2.24, 2.45) is 0 Å². The summed E-state index contributed by atoms with van der Waals surface area (Å²) in [7, 11) is 0. The van der Waals surface area contributed by atoms with Crippen molar-refractivity contribution in [3.05, 3.63) is 0 Å². The van der Waals surface area contributed by atoms with Crippen LogP contribution in [0.4, 0.5) is 0 Å². The number of nitrogens with one attached hydrogen (secondary N) is 2.